The Balaban J connectivity index is 2.75. The first kappa shape index (κ1) is 15.7. The predicted molar refractivity (Wildman–Crippen MR) is 76.7 cm³/mol. The van der Waals surface area contributed by atoms with Gasteiger partial charge in [-0.2, -0.15) is 0 Å². The lowest BCUT2D eigenvalue weighted by Gasteiger charge is -2.25. The second-order valence-electron chi connectivity index (χ2n) is 5.26. The maximum absolute atomic E-state index is 10.9. The number of rotatable bonds is 7. The van der Waals surface area contributed by atoms with Gasteiger partial charge in [-0.1, -0.05) is 25.4 Å². The molecule has 1 aromatic carbocycles. The highest BCUT2D eigenvalue weighted by molar-refractivity contribution is 6.30. The third-order valence-electron chi connectivity index (χ3n) is 2.93. The molecule has 106 valence electrons. The van der Waals surface area contributed by atoms with Crippen LogP contribution >= 0.6 is 11.6 Å². The summed E-state index contributed by atoms with van der Waals surface area (Å²) >= 11 is 5.76. The third kappa shape index (κ3) is 5.04. The van der Waals surface area contributed by atoms with E-state index in [1.807, 2.05) is 0 Å². The number of halogens is 1. The van der Waals surface area contributed by atoms with Gasteiger partial charge in [0.25, 0.3) is 5.69 Å². The zero-order valence-corrected chi connectivity index (χ0v) is 11.9. The second kappa shape index (κ2) is 6.73. The van der Waals surface area contributed by atoms with E-state index in [9.17, 15) is 10.1 Å². The van der Waals surface area contributed by atoms with Crippen LogP contribution in [-0.4, -0.2) is 23.2 Å². The van der Waals surface area contributed by atoms with Crippen molar-refractivity contribution in [2.24, 2.45) is 5.41 Å². The molecule has 0 unspecified atom stereocenters. The molecule has 0 radical (unpaired) electrons. The fourth-order valence-electron chi connectivity index (χ4n) is 1.79. The van der Waals surface area contributed by atoms with Gasteiger partial charge in [0.15, 0.2) is 0 Å². The van der Waals surface area contributed by atoms with Crippen molar-refractivity contribution < 1.29 is 10.0 Å². The quantitative estimate of drug-likeness (QED) is 0.594. The molecular formula is C13H19ClN2O3. The highest BCUT2D eigenvalue weighted by Gasteiger charge is 2.20. The smallest absolute Gasteiger partial charge is 0.293 e. The Morgan fingerprint density at radius 3 is 2.74 bits per heavy atom. The fourth-order valence-corrected chi connectivity index (χ4v) is 1.95. The van der Waals surface area contributed by atoms with E-state index in [-0.39, 0.29) is 17.7 Å². The van der Waals surface area contributed by atoms with Crippen LogP contribution in [0.5, 0.6) is 0 Å². The molecule has 0 fully saturated rings. The van der Waals surface area contributed by atoms with E-state index in [0.29, 0.717) is 17.3 Å². The number of anilines is 1. The number of nitro benzene ring substituents is 1. The van der Waals surface area contributed by atoms with Crippen molar-refractivity contribution in [3.63, 3.8) is 0 Å². The molecule has 6 heteroatoms. The molecule has 1 aromatic rings. The van der Waals surface area contributed by atoms with Crippen molar-refractivity contribution in [1.82, 2.24) is 0 Å². The van der Waals surface area contributed by atoms with Gasteiger partial charge in [-0.15, -0.1) is 0 Å². The molecule has 0 aromatic heterocycles. The van der Waals surface area contributed by atoms with Gasteiger partial charge >= 0.3 is 0 Å². The fraction of sp³-hybridized carbons (Fsp3) is 0.538. The molecule has 2 N–H and O–H groups in total. The average Bonchev–Trinajstić information content (AvgIpc) is 2.35. The van der Waals surface area contributed by atoms with Crippen LogP contribution in [0.3, 0.4) is 0 Å². The summed E-state index contributed by atoms with van der Waals surface area (Å²) in [6, 6.07) is 4.57. The van der Waals surface area contributed by atoms with E-state index in [4.69, 9.17) is 16.7 Å². The molecule has 1 rings (SSSR count). The molecule has 19 heavy (non-hydrogen) atoms. The van der Waals surface area contributed by atoms with Gasteiger partial charge in [-0.25, -0.2) is 0 Å². The third-order valence-corrected chi connectivity index (χ3v) is 3.16. The monoisotopic (exact) mass is 286 g/mol. The van der Waals surface area contributed by atoms with E-state index in [2.05, 4.69) is 19.2 Å². The summed E-state index contributed by atoms with van der Waals surface area (Å²) < 4.78 is 0. The first-order valence-electron chi connectivity index (χ1n) is 6.14. The molecule has 0 amide bonds. The normalized spacial score (nSPS) is 11.4. The van der Waals surface area contributed by atoms with Crippen LogP contribution in [0, 0.1) is 15.5 Å². The van der Waals surface area contributed by atoms with Crippen LogP contribution in [0.4, 0.5) is 11.4 Å². The number of benzene rings is 1. The molecule has 0 heterocycles. The van der Waals surface area contributed by atoms with Gasteiger partial charge in [0.1, 0.15) is 5.69 Å². The number of hydrogen-bond donors (Lipinski definition) is 2. The van der Waals surface area contributed by atoms with E-state index < -0.39 is 4.92 Å². The van der Waals surface area contributed by atoms with Gasteiger partial charge in [-0.05, 0) is 30.4 Å². The number of aliphatic hydroxyl groups is 1. The van der Waals surface area contributed by atoms with E-state index in [1.54, 1.807) is 12.1 Å². The first-order valence-corrected chi connectivity index (χ1v) is 6.52. The van der Waals surface area contributed by atoms with Gasteiger partial charge in [-0.3, -0.25) is 10.1 Å². The maximum Gasteiger partial charge on any atom is 0.293 e. The van der Waals surface area contributed by atoms with Crippen LogP contribution < -0.4 is 5.32 Å². The zero-order chi connectivity index (χ0) is 14.5. The molecule has 0 bridgehead atoms. The van der Waals surface area contributed by atoms with Gasteiger partial charge in [0, 0.05) is 24.2 Å². The minimum Gasteiger partial charge on any atom is -0.396 e. The molecule has 5 nitrogen and oxygen atoms in total. The Morgan fingerprint density at radius 1 is 1.47 bits per heavy atom. The average molecular weight is 287 g/mol. The molecule has 0 aliphatic heterocycles. The highest BCUT2D eigenvalue weighted by atomic mass is 35.5. The van der Waals surface area contributed by atoms with E-state index in [0.717, 1.165) is 12.8 Å². The highest BCUT2D eigenvalue weighted by Crippen LogP contribution is 2.30. The second-order valence-corrected chi connectivity index (χ2v) is 5.70. The SMILES string of the molecule is CC(C)(CCCO)CNc1ccc(Cl)cc1[N+](=O)[O-]. The van der Waals surface area contributed by atoms with Gasteiger partial charge < -0.3 is 10.4 Å². The minimum atomic E-state index is -0.449. The molecular weight excluding hydrogens is 268 g/mol. The van der Waals surface area contributed by atoms with Crippen molar-refractivity contribution in [3.8, 4) is 0 Å². The standard InChI is InChI=1S/C13H19ClN2O3/c1-13(2,6-3-7-17)9-15-11-5-4-10(14)8-12(11)16(18)19/h4-5,8,15,17H,3,6-7,9H2,1-2H3. The predicted octanol–water partition coefficient (Wildman–Crippen LogP) is 3.46. The van der Waals surface area contributed by atoms with Crippen LogP contribution in [0.2, 0.25) is 5.02 Å². The van der Waals surface area contributed by atoms with Crippen molar-refractivity contribution in [2.45, 2.75) is 26.7 Å². The lowest BCUT2D eigenvalue weighted by atomic mass is 9.88. The number of aliphatic hydroxyl groups excluding tert-OH is 1. The Bertz CT molecular complexity index is 450. The molecule has 0 saturated carbocycles. The Morgan fingerprint density at radius 2 is 2.16 bits per heavy atom. The summed E-state index contributed by atoms with van der Waals surface area (Å²) in [4.78, 5) is 10.5. The molecule has 0 aliphatic rings. The summed E-state index contributed by atoms with van der Waals surface area (Å²) in [5.41, 5.74) is 0.396. The summed E-state index contributed by atoms with van der Waals surface area (Å²) in [7, 11) is 0. The lowest BCUT2D eigenvalue weighted by molar-refractivity contribution is -0.383. The van der Waals surface area contributed by atoms with Gasteiger partial charge in [0.05, 0.1) is 4.92 Å². The summed E-state index contributed by atoms with van der Waals surface area (Å²) in [6.07, 6.45) is 1.56. The van der Waals surface area contributed by atoms with Crippen molar-refractivity contribution >= 4 is 23.0 Å². The Labute approximate surface area is 117 Å². The van der Waals surface area contributed by atoms with E-state index in [1.165, 1.54) is 6.07 Å². The van der Waals surface area contributed by atoms with Crippen molar-refractivity contribution in [3.05, 3.63) is 33.3 Å². The minimum absolute atomic E-state index is 0.0227. The molecule has 0 aliphatic carbocycles. The van der Waals surface area contributed by atoms with Crippen LogP contribution in [-0.2, 0) is 0 Å². The topological polar surface area (TPSA) is 75.4 Å². The zero-order valence-electron chi connectivity index (χ0n) is 11.1. The first-order chi connectivity index (χ1) is 8.85. The number of nitrogens with zero attached hydrogens (tertiary/aromatic N) is 1. The van der Waals surface area contributed by atoms with Crippen LogP contribution in [0.1, 0.15) is 26.7 Å². The molecule has 0 spiro atoms. The number of nitro groups is 1. The number of nitrogens with one attached hydrogen (secondary N) is 1. The van der Waals surface area contributed by atoms with Crippen LogP contribution in [0.15, 0.2) is 18.2 Å². The summed E-state index contributed by atoms with van der Waals surface area (Å²) in [6.45, 7) is 4.86. The Kier molecular flexibility index (Phi) is 5.57. The maximum atomic E-state index is 10.9. The van der Waals surface area contributed by atoms with Crippen molar-refractivity contribution in [2.75, 3.05) is 18.5 Å². The number of hydrogen-bond acceptors (Lipinski definition) is 4. The summed E-state index contributed by atoms with van der Waals surface area (Å²) in [5.74, 6) is 0. The van der Waals surface area contributed by atoms with Crippen molar-refractivity contribution in [1.29, 1.82) is 0 Å². The Hall–Kier alpha value is -1.33. The van der Waals surface area contributed by atoms with Gasteiger partial charge in [0.2, 0.25) is 0 Å². The largest absolute Gasteiger partial charge is 0.396 e. The molecule has 0 atom stereocenters. The molecule has 0 saturated heterocycles. The lowest BCUT2D eigenvalue weighted by Crippen LogP contribution is -2.23. The van der Waals surface area contributed by atoms with Crippen LogP contribution in [0.25, 0.3) is 0 Å². The summed E-state index contributed by atoms with van der Waals surface area (Å²) in [5, 5.41) is 23.2. The van der Waals surface area contributed by atoms with E-state index >= 15 is 0 Å².